The summed E-state index contributed by atoms with van der Waals surface area (Å²) in [5.41, 5.74) is 1.05. The Hall–Kier alpha value is -1.88. The molecule has 0 unspecified atom stereocenters. The smallest absolute Gasteiger partial charge is 0.263 e. The van der Waals surface area contributed by atoms with Gasteiger partial charge < -0.3 is 4.74 Å². The topological polar surface area (TPSA) is 81.2 Å². The molecule has 0 aliphatic heterocycles. The molecule has 0 fully saturated rings. The van der Waals surface area contributed by atoms with Gasteiger partial charge in [0.25, 0.3) is 10.0 Å². The highest BCUT2D eigenvalue weighted by Gasteiger charge is 2.19. The highest BCUT2D eigenvalue weighted by molar-refractivity contribution is 8.00. The van der Waals surface area contributed by atoms with Gasteiger partial charge in [-0.1, -0.05) is 46.8 Å². The molecule has 0 aliphatic rings. The lowest BCUT2D eigenvalue weighted by Crippen LogP contribution is -2.13. The van der Waals surface area contributed by atoms with Gasteiger partial charge in [-0.15, -0.1) is 10.2 Å². The van der Waals surface area contributed by atoms with E-state index in [0.29, 0.717) is 15.1 Å². The molecule has 11 heteroatoms. The van der Waals surface area contributed by atoms with Gasteiger partial charge in [-0.25, -0.2) is 12.8 Å². The molecule has 6 nitrogen and oxygen atoms in total. The van der Waals surface area contributed by atoms with E-state index < -0.39 is 15.8 Å². The van der Waals surface area contributed by atoms with Crippen LogP contribution in [0.2, 0.25) is 5.02 Å². The number of benzene rings is 2. The van der Waals surface area contributed by atoms with Crippen LogP contribution in [0, 0.1) is 5.82 Å². The number of nitrogens with zero attached hydrogens (tertiary/aromatic N) is 2. The summed E-state index contributed by atoms with van der Waals surface area (Å²) < 4.78 is 46.2. The standard InChI is InChI=1S/C16H13ClFN3O3S3/c1-24-14-7-6-12(8-13(14)18)27(22,23)21-15-19-20-16(26-15)25-9-10-2-4-11(17)5-3-10/h2-8H,9H2,1H3,(H,19,21). The first-order chi connectivity index (χ1) is 12.9. The van der Waals surface area contributed by atoms with Crippen LogP contribution in [0.25, 0.3) is 0 Å². The molecule has 3 aromatic rings. The normalized spacial score (nSPS) is 11.4. The molecule has 0 aliphatic carbocycles. The predicted octanol–water partition coefficient (Wildman–Crippen LogP) is 4.43. The van der Waals surface area contributed by atoms with E-state index in [1.807, 2.05) is 12.1 Å². The zero-order valence-corrected chi connectivity index (χ0v) is 17.1. The van der Waals surface area contributed by atoms with Crippen LogP contribution >= 0.6 is 34.7 Å². The lowest BCUT2D eigenvalue weighted by molar-refractivity contribution is 0.385. The van der Waals surface area contributed by atoms with Crippen molar-refractivity contribution in [3.8, 4) is 5.75 Å². The van der Waals surface area contributed by atoms with Crippen molar-refractivity contribution in [2.75, 3.05) is 11.8 Å². The highest BCUT2D eigenvalue weighted by atomic mass is 35.5. The Labute approximate surface area is 168 Å². The van der Waals surface area contributed by atoms with Crippen molar-refractivity contribution in [3.05, 3.63) is 58.9 Å². The van der Waals surface area contributed by atoms with E-state index in [9.17, 15) is 12.8 Å². The third kappa shape index (κ3) is 5.10. The number of halogens is 2. The molecule has 3 rings (SSSR count). The number of methoxy groups -OCH3 is 1. The van der Waals surface area contributed by atoms with Crippen molar-refractivity contribution in [1.82, 2.24) is 10.2 Å². The number of nitrogens with one attached hydrogen (secondary N) is 1. The van der Waals surface area contributed by atoms with E-state index in [-0.39, 0.29) is 15.8 Å². The summed E-state index contributed by atoms with van der Waals surface area (Å²) in [6.45, 7) is 0. The Bertz CT molecular complexity index is 1040. The van der Waals surface area contributed by atoms with E-state index in [1.165, 1.54) is 31.0 Å². The molecule has 0 radical (unpaired) electrons. The molecule has 0 saturated heterocycles. The number of hydrogen-bond donors (Lipinski definition) is 1. The monoisotopic (exact) mass is 445 g/mol. The van der Waals surface area contributed by atoms with Gasteiger partial charge in [0.05, 0.1) is 12.0 Å². The maximum atomic E-state index is 13.8. The number of ether oxygens (including phenoxy) is 1. The average molecular weight is 446 g/mol. The molecule has 0 atom stereocenters. The Morgan fingerprint density at radius 1 is 1.22 bits per heavy atom. The van der Waals surface area contributed by atoms with E-state index >= 15 is 0 Å². The molecule has 27 heavy (non-hydrogen) atoms. The molecule has 0 amide bonds. The zero-order valence-electron chi connectivity index (χ0n) is 13.8. The summed E-state index contributed by atoms with van der Waals surface area (Å²) >= 11 is 8.36. The molecular weight excluding hydrogens is 433 g/mol. The number of rotatable bonds is 7. The van der Waals surface area contributed by atoms with E-state index in [0.717, 1.165) is 23.0 Å². The number of sulfonamides is 1. The third-order valence-corrected chi connectivity index (χ3v) is 7.10. The lowest BCUT2D eigenvalue weighted by atomic mass is 10.2. The fraction of sp³-hybridized carbons (Fsp3) is 0.125. The second-order valence-corrected chi connectivity index (χ2v) is 9.51. The second-order valence-electron chi connectivity index (χ2n) is 5.19. The largest absolute Gasteiger partial charge is 0.494 e. The summed E-state index contributed by atoms with van der Waals surface area (Å²) in [5, 5.41) is 8.54. The number of anilines is 1. The van der Waals surface area contributed by atoms with E-state index in [2.05, 4.69) is 14.9 Å². The highest BCUT2D eigenvalue weighted by Crippen LogP contribution is 2.30. The minimum absolute atomic E-state index is 0.0363. The lowest BCUT2D eigenvalue weighted by Gasteiger charge is -2.06. The molecular formula is C16H13ClFN3O3S3. The van der Waals surface area contributed by atoms with Gasteiger partial charge in [-0.3, -0.25) is 4.72 Å². The Balaban J connectivity index is 1.67. The molecule has 142 valence electrons. The van der Waals surface area contributed by atoms with Crippen LogP contribution in [0.3, 0.4) is 0 Å². The zero-order chi connectivity index (χ0) is 19.4. The average Bonchev–Trinajstić information content (AvgIpc) is 3.08. The quantitative estimate of drug-likeness (QED) is 0.542. The molecule has 1 heterocycles. The van der Waals surface area contributed by atoms with Crippen molar-refractivity contribution in [3.63, 3.8) is 0 Å². The maximum Gasteiger partial charge on any atom is 0.263 e. The van der Waals surface area contributed by atoms with Gasteiger partial charge in [0.15, 0.2) is 15.9 Å². The van der Waals surface area contributed by atoms with Crippen molar-refractivity contribution < 1.29 is 17.5 Å². The fourth-order valence-electron chi connectivity index (χ4n) is 2.02. The van der Waals surface area contributed by atoms with E-state index in [4.69, 9.17) is 16.3 Å². The van der Waals surface area contributed by atoms with Crippen LogP contribution in [0.15, 0.2) is 51.7 Å². The summed E-state index contributed by atoms with van der Waals surface area (Å²) in [5.74, 6) is -0.162. The predicted molar refractivity (Wildman–Crippen MR) is 105 cm³/mol. The van der Waals surface area contributed by atoms with Gasteiger partial charge >= 0.3 is 0 Å². The number of thioether (sulfide) groups is 1. The van der Waals surface area contributed by atoms with Crippen molar-refractivity contribution >= 4 is 49.9 Å². The minimum atomic E-state index is -3.98. The van der Waals surface area contributed by atoms with Gasteiger partial charge in [0.1, 0.15) is 0 Å². The third-order valence-electron chi connectivity index (χ3n) is 3.34. The molecule has 0 bridgehead atoms. The Morgan fingerprint density at radius 2 is 1.96 bits per heavy atom. The SMILES string of the molecule is COc1ccc(S(=O)(=O)Nc2nnc(SCc3ccc(Cl)cc3)s2)cc1F. The molecule has 0 spiro atoms. The van der Waals surface area contributed by atoms with Gasteiger partial charge in [-0.2, -0.15) is 0 Å². The first-order valence-electron chi connectivity index (χ1n) is 7.44. The summed E-state index contributed by atoms with van der Waals surface area (Å²) in [6, 6.07) is 10.8. The van der Waals surface area contributed by atoms with Crippen LogP contribution < -0.4 is 9.46 Å². The second kappa shape index (κ2) is 8.42. The summed E-state index contributed by atoms with van der Waals surface area (Å²) in [7, 11) is -2.68. The van der Waals surface area contributed by atoms with Crippen LogP contribution in [0.1, 0.15) is 5.56 Å². The molecule has 1 N–H and O–H groups in total. The first-order valence-corrected chi connectivity index (χ1v) is 11.1. The van der Waals surface area contributed by atoms with Crippen molar-refractivity contribution in [2.45, 2.75) is 15.0 Å². The molecule has 0 saturated carbocycles. The van der Waals surface area contributed by atoms with Crippen LogP contribution in [0.4, 0.5) is 9.52 Å². The fourth-order valence-corrected chi connectivity index (χ4v) is 5.10. The summed E-state index contributed by atoms with van der Waals surface area (Å²) in [6.07, 6.45) is 0. The summed E-state index contributed by atoms with van der Waals surface area (Å²) in [4.78, 5) is -0.230. The van der Waals surface area contributed by atoms with Gasteiger partial charge in [-0.05, 0) is 35.9 Å². The van der Waals surface area contributed by atoms with E-state index in [1.54, 1.807) is 12.1 Å². The van der Waals surface area contributed by atoms with Gasteiger partial charge in [0, 0.05) is 10.8 Å². The van der Waals surface area contributed by atoms with Crippen molar-refractivity contribution in [1.29, 1.82) is 0 Å². The van der Waals surface area contributed by atoms with Crippen LogP contribution in [0.5, 0.6) is 5.75 Å². The first kappa shape index (κ1) is 19.9. The minimum Gasteiger partial charge on any atom is -0.494 e. The molecule has 1 aromatic heterocycles. The Morgan fingerprint density at radius 3 is 2.63 bits per heavy atom. The molecule has 2 aromatic carbocycles. The van der Waals surface area contributed by atoms with Crippen LogP contribution in [-0.4, -0.2) is 25.7 Å². The van der Waals surface area contributed by atoms with Crippen LogP contribution in [-0.2, 0) is 15.8 Å². The Kier molecular flexibility index (Phi) is 6.20. The number of hydrogen-bond acceptors (Lipinski definition) is 7. The van der Waals surface area contributed by atoms with Crippen molar-refractivity contribution in [2.24, 2.45) is 0 Å². The maximum absolute atomic E-state index is 13.8. The van der Waals surface area contributed by atoms with Gasteiger partial charge in [0.2, 0.25) is 5.13 Å². The number of aromatic nitrogens is 2.